The molecule has 1 aromatic carbocycles. The fourth-order valence-corrected chi connectivity index (χ4v) is 2.52. The highest BCUT2D eigenvalue weighted by atomic mass is 32.1. The van der Waals surface area contributed by atoms with E-state index in [1.807, 2.05) is 6.92 Å². The predicted octanol–water partition coefficient (Wildman–Crippen LogP) is 2.63. The lowest BCUT2D eigenvalue weighted by molar-refractivity contribution is 0.0669. The second-order valence-corrected chi connectivity index (χ2v) is 5.91. The summed E-state index contributed by atoms with van der Waals surface area (Å²) in [5.74, 6) is -4.85. The van der Waals surface area contributed by atoms with Gasteiger partial charge in [0.05, 0.1) is 4.99 Å². The lowest BCUT2D eigenvalue weighted by Crippen LogP contribution is -2.46. The van der Waals surface area contributed by atoms with Gasteiger partial charge in [-0.1, -0.05) is 19.1 Å². The van der Waals surface area contributed by atoms with Crippen molar-refractivity contribution in [2.75, 3.05) is 13.1 Å². The van der Waals surface area contributed by atoms with Crippen LogP contribution in [0.2, 0.25) is 0 Å². The summed E-state index contributed by atoms with van der Waals surface area (Å²) in [6.45, 7) is 2.69. The van der Waals surface area contributed by atoms with Crippen LogP contribution in [-0.2, 0) is 0 Å². The maximum absolute atomic E-state index is 13.2. The summed E-state index contributed by atoms with van der Waals surface area (Å²) in [6.07, 6.45) is 1.17. The number of likely N-dealkylation sites (tertiary alicyclic amines) is 1. The number of benzene rings is 1. The molecule has 21 heavy (non-hydrogen) atoms. The molecule has 1 heterocycles. The third-order valence-corrected chi connectivity index (χ3v) is 4.47. The molecule has 7 heteroatoms. The molecule has 0 unspecified atom stereocenters. The van der Waals surface area contributed by atoms with Crippen LogP contribution in [0.15, 0.2) is 12.1 Å². The van der Waals surface area contributed by atoms with Crippen molar-refractivity contribution in [1.82, 2.24) is 4.90 Å². The van der Waals surface area contributed by atoms with Crippen molar-refractivity contribution >= 4 is 23.1 Å². The van der Waals surface area contributed by atoms with E-state index in [9.17, 15) is 18.0 Å². The lowest BCUT2D eigenvalue weighted by atomic mass is 9.80. The minimum atomic E-state index is -1.58. The standard InChI is InChI=1S/C14H15F3N2OS/c1-14(13(18)21)2-4-19(5-3-14)12(20)8-6-9(15)11(17)10(16)7-8/h6-7H,2-5H2,1H3,(H2,18,21). The minimum Gasteiger partial charge on any atom is -0.393 e. The molecular weight excluding hydrogens is 301 g/mol. The Hall–Kier alpha value is -1.63. The SMILES string of the molecule is CC1(C(N)=S)CCN(C(=O)c2cc(F)c(F)c(F)c2)CC1. The number of carbonyl (C=O) groups is 1. The number of amides is 1. The van der Waals surface area contributed by atoms with Gasteiger partial charge in [-0.3, -0.25) is 4.79 Å². The zero-order valence-electron chi connectivity index (χ0n) is 11.5. The van der Waals surface area contributed by atoms with Gasteiger partial charge in [-0.05, 0) is 25.0 Å². The monoisotopic (exact) mass is 316 g/mol. The topological polar surface area (TPSA) is 46.3 Å². The molecular formula is C14H15F3N2OS. The Labute approximate surface area is 125 Å². The Morgan fingerprint density at radius 3 is 2.14 bits per heavy atom. The van der Waals surface area contributed by atoms with Crippen molar-refractivity contribution < 1.29 is 18.0 Å². The molecule has 1 aliphatic rings. The quantitative estimate of drug-likeness (QED) is 0.674. The maximum atomic E-state index is 13.2. The van der Waals surface area contributed by atoms with Crippen molar-refractivity contribution in [2.45, 2.75) is 19.8 Å². The summed E-state index contributed by atoms with van der Waals surface area (Å²) in [4.78, 5) is 14.1. The summed E-state index contributed by atoms with van der Waals surface area (Å²) in [5, 5.41) is 0. The van der Waals surface area contributed by atoms with Crippen molar-refractivity contribution in [3.05, 3.63) is 35.1 Å². The second kappa shape index (κ2) is 5.63. The third kappa shape index (κ3) is 3.02. The number of carbonyl (C=O) groups excluding carboxylic acids is 1. The fraction of sp³-hybridized carbons (Fsp3) is 0.429. The molecule has 2 rings (SSSR count). The first-order valence-corrected chi connectivity index (χ1v) is 6.89. The first kappa shape index (κ1) is 15.8. The summed E-state index contributed by atoms with van der Waals surface area (Å²) in [6, 6.07) is 1.42. The zero-order valence-corrected chi connectivity index (χ0v) is 12.3. The van der Waals surface area contributed by atoms with Crippen LogP contribution in [0.4, 0.5) is 13.2 Å². The van der Waals surface area contributed by atoms with Crippen LogP contribution in [0.25, 0.3) is 0 Å². The van der Waals surface area contributed by atoms with Crippen molar-refractivity contribution in [2.24, 2.45) is 11.1 Å². The van der Waals surface area contributed by atoms with Gasteiger partial charge >= 0.3 is 0 Å². The molecule has 0 saturated carbocycles. The summed E-state index contributed by atoms with van der Waals surface area (Å²) >= 11 is 5.01. The number of halogens is 3. The highest BCUT2D eigenvalue weighted by Gasteiger charge is 2.34. The minimum absolute atomic E-state index is 0.203. The van der Waals surface area contributed by atoms with Gasteiger partial charge in [-0.25, -0.2) is 13.2 Å². The zero-order chi connectivity index (χ0) is 15.8. The molecule has 1 fully saturated rings. The number of nitrogens with zero attached hydrogens (tertiary/aromatic N) is 1. The second-order valence-electron chi connectivity index (χ2n) is 5.47. The Morgan fingerprint density at radius 1 is 1.24 bits per heavy atom. The van der Waals surface area contributed by atoms with Gasteiger partial charge < -0.3 is 10.6 Å². The highest BCUT2D eigenvalue weighted by Crippen LogP contribution is 2.31. The number of hydrogen-bond acceptors (Lipinski definition) is 2. The van der Waals surface area contributed by atoms with Gasteiger partial charge in [0.15, 0.2) is 17.5 Å². The number of thiocarbonyl (C=S) groups is 1. The Bertz CT molecular complexity index is 575. The van der Waals surface area contributed by atoms with Crippen molar-refractivity contribution in [3.8, 4) is 0 Å². The van der Waals surface area contributed by atoms with E-state index < -0.39 is 23.4 Å². The van der Waals surface area contributed by atoms with Crippen LogP contribution in [0.1, 0.15) is 30.1 Å². The fourth-order valence-electron chi connectivity index (χ4n) is 2.31. The molecule has 1 saturated heterocycles. The molecule has 2 N–H and O–H groups in total. The summed E-state index contributed by atoms with van der Waals surface area (Å²) in [7, 11) is 0. The molecule has 3 nitrogen and oxygen atoms in total. The van der Waals surface area contributed by atoms with Crippen LogP contribution in [0, 0.1) is 22.9 Å². The number of piperidine rings is 1. The van der Waals surface area contributed by atoms with Gasteiger partial charge in [-0.2, -0.15) is 0 Å². The van der Waals surface area contributed by atoms with E-state index in [-0.39, 0.29) is 11.0 Å². The van der Waals surface area contributed by atoms with E-state index in [1.54, 1.807) is 0 Å². The van der Waals surface area contributed by atoms with Gasteiger partial charge in [0.1, 0.15) is 0 Å². The van der Waals surface area contributed by atoms with Crippen molar-refractivity contribution in [1.29, 1.82) is 0 Å². The molecule has 1 amide bonds. The maximum Gasteiger partial charge on any atom is 0.254 e. The number of nitrogens with two attached hydrogens (primary N) is 1. The van der Waals surface area contributed by atoms with Gasteiger partial charge in [-0.15, -0.1) is 0 Å². The first-order chi connectivity index (χ1) is 9.74. The van der Waals surface area contributed by atoms with E-state index in [4.69, 9.17) is 18.0 Å². The Morgan fingerprint density at radius 2 is 1.71 bits per heavy atom. The normalized spacial score (nSPS) is 17.6. The molecule has 0 radical (unpaired) electrons. The largest absolute Gasteiger partial charge is 0.393 e. The molecule has 114 valence electrons. The summed E-state index contributed by atoms with van der Waals surface area (Å²) < 4.78 is 39.3. The van der Waals surface area contributed by atoms with E-state index >= 15 is 0 Å². The van der Waals surface area contributed by atoms with Crippen LogP contribution < -0.4 is 5.73 Å². The van der Waals surface area contributed by atoms with Crippen LogP contribution in [0.3, 0.4) is 0 Å². The van der Waals surface area contributed by atoms with E-state index in [2.05, 4.69) is 0 Å². The predicted molar refractivity (Wildman–Crippen MR) is 76.3 cm³/mol. The molecule has 0 aromatic heterocycles. The van der Waals surface area contributed by atoms with Gasteiger partial charge in [0, 0.05) is 24.1 Å². The highest BCUT2D eigenvalue weighted by molar-refractivity contribution is 7.80. The number of hydrogen-bond donors (Lipinski definition) is 1. The van der Waals surface area contributed by atoms with Crippen LogP contribution >= 0.6 is 12.2 Å². The average Bonchev–Trinajstić information content (AvgIpc) is 2.44. The molecule has 0 aliphatic carbocycles. The van der Waals surface area contributed by atoms with Gasteiger partial charge in [0.25, 0.3) is 5.91 Å². The molecule has 1 aliphatic heterocycles. The van der Waals surface area contributed by atoms with Crippen LogP contribution in [-0.4, -0.2) is 28.9 Å². The molecule has 0 spiro atoms. The first-order valence-electron chi connectivity index (χ1n) is 6.48. The van der Waals surface area contributed by atoms with Crippen molar-refractivity contribution in [3.63, 3.8) is 0 Å². The lowest BCUT2D eigenvalue weighted by Gasteiger charge is -2.38. The molecule has 0 atom stereocenters. The Kier molecular flexibility index (Phi) is 4.22. The molecule has 0 bridgehead atoms. The van der Waals surface area contributed by atoms with Gasteiger partial charge in [0.2, 0.25) is 0 Å². The van der Waals surface area contributed by atoms with E-state index in [0.717, 1.165) is 0 Å². The Balaban J connectivity index is 2.14. The third-order valence-electron chi connectivity index (χ3n) is 3.98. The molecule has 1 aromatic rings. The smallest absolute Gasteiger partial charge is 0.254 e. The summed E-state index contributed by atoms with van der Waals surface area (Å²) in [5.41, 5.74) is 5.16. The van der Waals surface area contributed by atoms with E-state index in [1.165, 1.54) is 4.90 Å². The number of rotatable bonds is 2. The van der Waals surface area contributed by atoms with Crippen LogP contribution in [0.5, 0.6) is 0 Å². The average molecular weight is 316 g/mol. The van der Waals surface area contributed by atoms with E-state index in [0.29, 0.717) is 43.1 Å².